The van der Waals surface area contributed by atoms with Crippen molar-refractivity contribution in [3.8, 4) is 11.5 Å². The molecule has 0 saturated carbocycles. The van der Waals surface area contributed by atoms with E-state index in [1.54, 1.807) is 13.0 Å². The van der Waals surface area contributed by atoms with Gasteiger partial charge >= 0.3 is 0 Å². The molecule has 0 aliphatic heterocycles. The Morgan fingerprint density at radius 3 is 2.62 bits per heavy atom. The molecule has 16 heavy (non-hydrogen) atoms. The monoisotopic (exact) mass is 223 g/mol. The summed E-state index contributed by atoms with van der Waals surface area (Å²) in [6, 6.07) is 4.48. The van der Waals surface area contributed by atoms with Crippen molar-refractivity contribution in [3.05, 3.63) is 23.9 Å². The van der Waals surface area contributed by atoms with Gasteiger partial charge < -0.3 is 25.0 Å². The van der Waals surface area contributed by atoms with Crippen molar-refractivity contribution in [2.45, 2.75) is 13.2 Å². The Hall–Kier alpha value is -1.72. The molecule has 4 N–H and O–H groups in total. The third-order valence-electron chi connectivity index (χ3n) is 2.33. The summed E-state index contributed by atoms with van der Waals surface area (Å²) in [5.74, 6) is -0.393. The SMILES string of the molecule is CCOC(O)c1cc2cc(O)c(O)cc2[nH]1. The third-order valence-corrected chi connectivity index (χ3v) is 2.33. The number of aliphatic hydroxyl groups is 1. The summed E-state index contributed by atoms with van der Waals surface area (Å²) in [5.41, 5.74) is 1.12. The van der Waals surface area contributed by atoms with Crippen molar-refractivity contribution in [2.24, 2.45) is 0 Å². The average molecular weight is 223 g/mol. The molecular formula is C11H13NO4. The molecule has 2 rings (SSSR count). The fraction of sp³-hybridized carbons (Fsp3) is 0.273. The number of benzene rings is 1. The minimum Gasteiger partial charge on any atom is -0.504 e. The zero-order chi connectivity index (χ0) is 11.7. The van der Waals surface area contributed by atoms with E-state index in [0.29, 0.717) is 23.2 Å². The van der Waals surface area contributed by atoms with Gasteiger partial charge in [-0.3, -0.25) is 0 Å². The van der Waals surface area contributed by atoms with E-state index in [0.717, 1.165) is 0 Å². The van der Waals surface area contributed by atoms with Crippen molar-refractivity contribution in [2.75, 3.05) is 6.61 Å². The zero-order valence-corrected chi connectivity index (χ0v) is 8.77. The summed E-state index contributed by atoms with van der Waals surface area (Å²) < 4.78 is 5.02. The van der Waals surface area contributed by atoms with Crippen LogP contribution in [0.1, 0.15) is 18.9 Å². The molecule has 5 nitrogen and oxygen atoms in total. The number of nitrogens with one attached hydrogen (secondary N) is 1. The maximum absolute atomic E-state index is 9.58. The number of aromatic amines is 1. The van der Waals surface area contributed by atoms with E-state index in [2.05, 4.69) is 4.98 Å². The smallest absolute Gasteiger partial charge is 0.196 e. The van der Waals surface area contributed by atoms with Crippen LogP contribution in [-0.2, 0) is 4.74 Å². The van der Waals surface area contributed by atoms with Gasteiger partial charge in [0.15, 0.2) is 17.8 Å². The van der Waals surface area contributed by atoms with Gasteiger partial charge in [0.2, 0.25) is 0 Å². The number of hydrogen-bond acceptors (Lipinski definition) is 4. The quantitative estimate of drug-likeness (QED) is 0.470. The number of aromatic hydroxyl groups is 2. The average Bonchev–Trinajstić information content (AvgIpc) is 2.62. The fourth-order valence-corrected chi connectivity index (χ4v) is 1.56. The topological polar surface area (TPSA) is 85.7 Å². The van der Waals surface area contributed by atoms with Crippen LogP contribution in [0.2, 0.25) is 0 Å². The Morgan fingerprint density at radius 2 is 1.94 bits per heavy atom. The summed E-state index contributed by atoms with van der Waals surface area (Å²) in [6.45, 7) is 2.18. The molecular weight excluding hydrogens is 210 g/mol. The molecule has 0 radical (unpaired) electrons. The molecule has 0 saturated heterocycles. The minimum atomic E-state index is -1.03. The first-order valence-electron chi connectivity index (χ1n) is 4.96. The Balaban J connectivity index is 2.43. The molecule has 0 aliphatic rings. The van der Waals surface area contributed by atoms with Crippen LogP contribution in [0.25, 0.3) is 10.9 Å². The number of phenols is 2. The van der Waals surface area contributed by atoms with Crippen molar-refractivity contribution in [1.29, 1.82) is 0 Å². The lowest BCUT2D eigenvalue weighted by molar-refractivity contribution is -0.100. The largest absolute Gasteiger partial charge is 0.504 e. The lowest BCUT2D eigenvalue weighted by atomic mass is 10.2. The summed E-state index contributed by atoms with van der Waals surface area (Å²) in [5, 5.41) is 28.9. The molecule has 86 valence electrons. The van der Waals surface area contributed by atoms with Gasteiger partial charge in [-0.15, -0.1) is 0 Å². The summed E-state index contributed by atoms with van der Waals surface area (Å²) in [7, 11) is 0. The van der Waals surface area contributed by atoms with Crippen molar-refractivity contribution in [1.82, 2.24) is 4.98 Å². The van der Waals surface area contributed by atoms with E-state index >= 15 is 0 Å². The maximum Gasteiger partial charge on any atom is 0.196 e. The molecule has 1 unspecified atom stereocenters. The van der Waals surface area contributed by atoms with E-state index < -0.39 is 6.29 Å². The normalized spacial score (nSPS) is 13.1. The first-order chi connectivity index (χ1) is 7.61. The van der Waals surface area contributed by atoms with Crippen molar-refractivity contribution in [3.63, 3.8) is 0 Å². The van der Waals surface area contributed by atoms with Crippen LogP contribution >= 0.6 is 0 Å². The number of phenolic OH excluding ortho intramolecular Hbond substituents is 2. The lowest BCUT2D eigenvalue weighted by Gasteiger charge is -2.07. The Labute approximate surface area is 91.9 Å². The standard InChI is InChI=1S/C11H13NO4/c1-2-16-11(15)8-3-6-4-9(13)10(14)5-7(6)12-8/h3-5,11-15H,2H2,1H3. The predicted octanol–water partition coefficient (Wildman–Crippen LogP) is 1.61. The fourth-order valence-electron chi connectivity index (χ4n) is 1.56. The first kappa shape index (κ1) is 10.8. The van der Waals surface area contributed by atoms with Crippen LogP contribution < -0.4 is 0 Å². The van der Waals surface area contributed by atoms with E-state index in [-0.39, 0.29) is 11.5 Å². The Bertz CT molecular complexity index is 467. The van der Waals surface area contributed by atoms with Crippen LogP contribution in [0.5, 0.6) is 11.5 Å². The number of rotatable bonds is 3. The van der Waals surface area contributed by atoms with Gasteiger partial charge in [-0.25, -0.2) is 0 Å². The van der Waals surface area contributed by atoms with E-state index in [4.69, 9.17) is 4.74 Å². The predicted molar refractivity (Wildman–Crippen MR) is 58.2 cm³/mol. The number of aliphatic hydroxyl groups excluding tert-OH is 1. The second-order valence-electron chi connectivity index (χ2n) is 3.46. The highest BCUT2D eigenvalue weighted by atomic mass is 16.6. The lowest BCUT2D eigenvalue weighted by Crippen LogP contribution is -2.02. The number of ether oxygens (including phenoxy) is 1. The van der Waals surface area contributed by atoms with Gasteiger partial charge in [-0.1, -0.05) is 0 Å². The summed E-state index contributed by atoms with van der Waals surface area (Å²) >= 11 is 0. The van der Waals surface area contributed by atoms with Crippen LogP contribution in [0, 0.1) is 0 Å². The molecule has 0 fully saturated rings. The number of aromatic nitrogens is 1. The maximum atomic E-state index is 9.58. The first-order valence-corrected chi connectivity index (χ1v) is 4.96. The van der Waals surface area contributed by atoms with E-state index in [9.17, 15) is 15.3 Å². The molecule has 0 bridgehead atoms. The summed E-state index contributed by atoms with van der Waals surface area (Å²) in [4.78, 5) is 2.90. The van der Waals surface area contributed by atoms with Crippen molar-refractivity contribution < 1.29 is 20.1 Å². The van der Waals surface area contributed by atoms with Crippen LogP contribution in [0.3, 0.4) is 0 Å². The third kappa shape index (κ3) is 1.82. The van der Waals surface area contributed by atoms with E-state index in [1.165, 1.54) is 12.1 Å². The number of fused-ring (bicyclic) bond motifs is 1. The second kappa shape index (κ2) is 4.03. The molecule has 0 spiro atoms. The molecule has 1 aromatic carbocycles. The van der Waals surface area contributed by atoms with Gasteiger partial charge in [-0.2, -0.15) is 0 Å². The minimum absolute atomic E-state index is 0.191. The Morgan fingerprint density at radius 1 is 1.25 bits per heavy atom. The number of hydrogen-bond donors (Lipinski definition) is 4. The van der Waals surface area contributed by atoms with Crippen molar-refractivity contribution >= 4 is 10.9 Å². The van der Waals surface area contributed by atoms with Crippen LogP contribution in [-0.4, -0.2) is 26.9 Å². The van der Waals surface area contributed by atoms with Gasteiger partial charge in [0.1, 0.15) is 0 Å². The highest BCUT2D eigenvalue weighted by Crippen LogP contribution is 2.31. The van der Waals surface area contributed by atoms with E-state index in [1.807, 2.05) is 0 Å². The highest BCUT2D eigenvalue weighted by Gasteiger charge is 2.12. The zero-order valence-electron chi connectivity index (χ0n) is 8.77. The van der Waals surface area contributed by atoms with Gasteiger partial charge in [0.05, 0.1) is 5.69 Å². The molecule has 0 amide bonds. The molecule has 5 heteroatoms. The molecule has 1 heterocycles. The van der Waals surface area contributed by atoms with Crippen LogP contribution in [0.15, 0.2) is 18.2 Å². The molecule has 2 aromatic rings. The highest BCUT2D eigenvalue weighted by molar-refractivity contribution is 5.84. The van der Waals surface area contributed by atoms with Crippen LogP contribution in [0.4, 0.5) is 0 Å². The molecule has 1 aromatic heterocycles. The summed E-state index contributed by atoms with van der Waals surface area (Å²) in [6.07, 6.45) is -1.03. The number of H-pyrrole nitrogens is 1. The van der Waals surface area contributed by atoms with Gasteiger partial charge in [-0.05, 0) is 19.1 Å². The second-order valence-corrected chi connectivity index (χ2v) is 3.46. The van der Waals surface area contributed by atoms with Gasteiger partial charge in [0, 0.05) is 23.6 Å². The molecule has 0 aliphatic carbocycles. The molecule has 1 atom stereocenters. The van der Waals surface area contributed by atoms with Gasteiger partial charge in [0.25, 0.3) is 0 Å². The Kier molecular flexibility index (Phi) is 2.72.